The Labute approximate surface area is 109 Å². The molecule has 1 atom stereocenters. The molecule has 1 fully saturated rings. The summed E-state index contributed by atoms with van der Waals surface area (Å²) in [5.41, 5.74) is 1.44. The van der Waals surface area contributed by atoms with E-state index >= 15 is 0 Å². The van der Waals surface area contributed by atoms with Crippen LogP contribution in [0.3, 0.4) is 0 Å². The first-order valence-electron chi connectivity index (χ1n) is 6.26. The molecule has 0 bridgehead atoms. The van der Waals surface area contributed by atoms with E-state index in [9.17, 15) is 9.59 Å². The van der Waals surface area contributed by atoms with Gasteiger partial charge in [0.1, 0.15) is 6.04 Å². The second-order valence-electron chi connectivity index (χ2n) is 4.91. The van der Waals surface area contributed by atoms with E-state index in [4.69, 9.17) is 5.11 Å². The van der Waals surface area contributed by atoms with Crippen molar-refractivity contribution in [3.8, 4) is 0 Å². The van der Waals surface area contributed by atoms with Gasteiger partial charge in [-0.25, -0.2) is 4.79 Å². The number of carboxylic acids is 1. The molecule has 3 N–H and O–H groups in total. The molecule has 2 aromatic rings. The van der Waals surface area contributed by atoms with Crippen molar-refractivity contribution in [2.24, 2.45) is 5.92 Å². The Balaban J connectivity index is 1.80. The van der Waals surface area contributed by atoms with Crippen LogP contribution >= 0.6 is 0 Å². The Kier molecular flexibility index (Phi) is 2.74. The molecule has 3 rings (SSSR count). The number of hydrogen-bond acceptors (Lipinski definition) is 2. The molecule has 1 amide bonds. The highest BCUT2D eigenvalue weighted by Crippen LogP contribution is 2.32. The first-order valence-corrected chi connectivity index (χ1v) is 6.26. The van der Waals surface area contributed by atoms with E-state index in [-0.39, 0.29) is 11.8 Å². The van der Waals surface area contributed by atoms with Crippen molar-refractivity contribution in [1.29, 1.82) is 0 Å². The van der Waals surface area contributed by atoms with Gasteiger partial charge in [-0.2, -0.15) is 0 Å². The van der Waals surface area contributed by atoms with Gasteiger partial charge < -0.3 is 15.4 Å². The van der Waals surface area contributed by atoms with Crippen LogP contribution in [0.5, 0.6) is 0 Å². The summed E-state index contributed by atoms with van der Waals surface area (Å²) in [5.74, 6) is -1.21. The monoisotopic (exact) mass is 258 g/mol. The van der Waals surface area contributed by atoms with Gasteiger partial charge in [-0.15, -0.1) is 0 Å². The van der Waals surface area contributed by atoms with Gasteiger partial charge in [0.15, 0.2) is 0 Å². The van der Waals surface area contributed by atoms with Crippen molar-refractivity contribution in [2.75, 3.05) is 0 Å². The van der Waals surface area contributed by atoms with Crippen LogP contribution in [0.4, 0.5) is 0 Å². The number of aromatic nitrogens is 1. The highest BCUT2D eigenvalue weighted by atomic mass is 16.4. The zero-order valence-corrected chi connectivity index (χ0v) is 10.2. The number of nitrogens with one attached hydrogen (secondary N) is 2. The first-order chi connectivity index (χ1) is 9.15. The van der Waals surface area contributed by atoms with Crippen LogP contribution < -0.4 is 5.32 Å². The second-order valence-corrected chi connectivity index (χ2v) is 4.91. The molecular weight excluding hydrogens is 244 g/mol. The van der Waals surface area contributed by atoms with Gasteiger partial charge >= 0.3 is 5.97 Å². The van der Waals surface area contributed by atoms with Crippen LogP contribution in [0, 0.1) is 5.92 Å². The quantitative estimate of drug-likeness (QED) is 0.781. The molecule has 98 valence electrons. The lowest BCUT2D eigenvalue weighted by molar-refractivity contribution is -0.139. The van der Waals surface area contributed by atoms with Crippen molar-refractivity contribution in [3.63, 3.8) is 0 Å². The average molecular weight is 258 g/mol. The third kappa shape index (κ3) is 2.31. The molecule has 1 aliphatic carbocycles. The van der Waals surface area contributed by atoms with E-state index in [0.29, 0.717) is 5.56 Å². The smallest absolute Gasteiger partial charge is 0.326 e. The molecule has 0 saturated heterocycles. The summed E-state index contributed by atoms with van der Waals surface area (Å²) in [6.07, 6.45) is 3.54. The maximum atomic E-state index is 12.1. The molecule has 0 spiro atoms. The molecule has 1 aromatic carbocycles. The maximum Gasteiger partial charge on any atom is 0.326 e. The number of aliphatic carboxylic acids is 1. The molecular formula is C14H14N2O3. The number of benzene rings is 1. The molecule has 1 aliphatic rings. The van der Waals surface area contributed by atoms with Crippen LogP contribution in [0.25, 0.3) is 10.9 Å². The van der Waals surface area contributed by atoms with Gasteiger partial charge in [0.25, 0.3) is 5.91 Å². The van der Waals surface area contributed by atoms with E-state index in [0.717, 1.165) is 23.7 Å². The molecule has 0 aliphatic heterocycles. The summed E-state index contributed by atoms with van der Waals surface area (Å²) in [7, 11) is 0. The van der Waals surface area contributed by atoms with E-state index < -0.39 is 12.0 Å². The number of rotatable bonds is 4. The topological polar surface area (TPSA) is 82.2 Å². The largest absolute Gasteiger partial charge is 0.480 e. The number of aromatic amines is 1. The number of fused-ring (bicyclic) bond motifs is 1. The molecule has 5 nitrogen and oxygen atoms in total. The molecule has 1 unspecified atom stereocenters. The third-order valence-corrected chi connectivity index (χ3v) is 3.46. The Morgan fingerprint density at radius 2 is 2.11 bits per heavy atom. The van der Waals surface area contributed by atoms with Crippen LogP contribution in [-0.2, 0) is 4.79 Å². The van der Waals surface area contributed by atoms with Gasteiger partial charge in [0.05, 0.1) is 0 Å². The summed E-state index contributed by atoms with van der Waals surface area (Å²) in [6, 6.07) is 6.38. The van der Waals surface area contributed by atoms with Crippen molar-refractivity contribution in [2.45, 2.75) is 18.9 Å². The Morgan fingerprint density at radius 1 is 1.32 bits per heavy atom. The highest BCUT2D eigenvalue weighted by molar-refractivity contribution is 5.99. The van der Waals surface area contributed by atoms with Crippen LogP contribution in [0.1, 0.15) is 23.2 Å². The average Bonchev–Trinajstić information content (AvgIpc) is 3.11. The van der Waals surface area contributed by atoms with E-state index in [1.807, 2.05) is 12.1 Å². The lowest BCUT2D eigenvalue weighted by atomic mass is 10.1. The van der Waals surface area contributed by atoms with Crippen molar-refractivity contribution in [1.82, 2.24) is 10.3 Å². The maximum absolute atomic E-state index is 12.1. The Hall–Kier alpha value is -2.30. The van der Waals surface area contributed by atoms with Gasteiger partial charge in [0, 0.05) is 22.7 Å². The lowest BCUT2D eigenvalue weighted by Gasteiger charge is -2.13. The second kappa shape index (κ2) is 4.42. The van der Waals surface area contributed by atoms with Crippen molar-refractivity contribution >= 4 is 22.8 Å². The van der Waals surface area contributed by atoms with Crippen LogP contribution in [0.2, 0.25) is 0 Å². The number of carbonyl (C=O) groups excluding carboxylic acids is 1. The molecule has 19 heavy (non-hydrogen) atoms. The molecule has 1 saturated carbocycles. The Bertz CT molecular complexity index is 643. The van der Waals surface area contributed by atoms with Gasteiger partial charge in [-0.1, -0.05) is 0 Å². The standard InChI is InChI=1S/C14H14N2O3/c17-13(16-12(14(18)19)8-1-2-8)10-3-4-11-9(7-10)5-6-15-11/h3-8,12,15H,1-2H2,(H,16,17)(H,18,19). The summed E-state index contributed by atoms with van der Waals surface area (Å²) in [6.45, 7) is 0. The van der Waals surface area contributed by atoms with E-state index in [1.165, 1.54) is 0 Å². The van der Waals surface area contributed by atoms with Crippen molar-refractivity contribution in [3.05, 3.63) is 36.0 Å². The number of hydrogen-bond donors (Lipinski definition) is 3. The minimum absolute atomic E-state index is 0.0810. The fourth-order valence-electron chi connectivity index (χ4n) is 2.23. The predicted molar refractivity (Wildman–Crippen MR) is 69.9 cm³/mol. The molecule has 1 heterocycles. The zero-order chi connectivity index (χ0) is 13.4. The van der Waals surface area contributed by atoms with Crippen LogP contribution in [-0.4, -0.2) is 28.0 Å². The van der Waals surface area contributed by atoms with Crippen LogP contribution in [0.15, 0.2) is 30.5 Å². The van der Waals surface area contributed by atoms with E-state index in [1.54, 1.807) is 18.3 Å². The summed E-state index contributed by atoms with van der Waals surface area (Å²) < 4.78 is 0. The summed E-state index contributed by atoms with van der Waals surface area (Å²) in [4.78, 5) is 26.2. The van der Waals surface area contributed by atoms with Gasteiger partial charge in [-0.3, -0.25) is 4.79 Å². The SMILES string of the molecule is O=C(NC(C(=O)O)C1CC1)c1ccc2[nH]ccc2c1. The first kappa shape index (κ1) is 11.8. The Morgan fingerprint density at radius 3 is 2.79 bits per heavy atom. The minimum atomic E-state index is -0.960. The predicted octanol–water partition coefficient (Wildman–Crippen LogP) is 1.76. The normalized spacial score (nSPS) is 16.2. The lowest BCUT2D eigenvalue weighted by Crippen LogP contribution is -2.42. The fourth-order valence-corrected chi connectivity index (χ4v) is 2.23. The van der Waals surface area contributed by atoms with Gasteiger partial charge in [-0.05, 0) is 43.0 Å². The molecule has 0 radical (unpaired) electrons. The van der Waals surface area contributed by atoms with Gasteiger partial charge in [0.2, 0.25) is 0 Å². The third-order valence-electron chi connectivity index (χ3n) is 3.46. The summed E-state index contributed by atoms with van der Waals surface area (Å²) in [5, 5.41) is 12.6. The molecule has 5 heteroatoms. The number of carboxylic acid groups (broad SMARTS) is 1. The van der Waals surface area contributed by atoms with E-state index in [2.05, 4.69) is 10.3 Å². The number of carbonyl (C=O) groups is 2. The number of H-pyrrole nitrogens is 1. The fraction of sp³-hybridized carbons (Fsp3) is 0.286. The molecule has 1 aromatic heterocycles. The summed E-state index contributed by atoms with van der Waals surface area (Å²) >= 11 is 0. The van der Waals surface area contributed by atoms with Crippen molar-refractivity contribution < 1.29 is 14.7 Å². The number of amides is 1. The minimum Gasteiger partial charge on any atom is -0.480 e. The zero-order valence-electron chi connectivity index (χ0n) is 10.2. The highest BCUT2D eigenvalue weighted by Gasteiger charge is 2.37.